The van der Waals surface area contributed by atoms with E-state index in [4.69, 9.17) is 4.74 Å². The lowest BCUT2D eigenvalue weighted by Crippen LogP contribution is -2.40. The summed E-state index contributed by atoms with van der Waals surface area (Å²) in [7, 11) is -2.32. The molecule has 0 bridgehead atoms. The van der Waals surface area contributed by atoms with Crippen LogP contribution in [0.5, 0.6) is 5.75 Å². The van der Waals surface area contributed by atoms with Crippen molar-refractivity contribution in [1.29, 1.82) is 0 Å². The number of halogens is 1. The fraction of sp³-hybridized carbons (Fsp3) is 0.278. The van der Waals surface area contributed by atoms with Crippen molar-refractivity contribution in [2.24, 2.45) is 0 Å². The number of nitrogens with zero attached hydrogens (tertiary/aromatic N) is 1. The number of carbonyl (C=O) groups is 1. The van der Waals surface area contributed by atoms with Crippen molar-refractivity contribution in [2.75, 3.05) is 13.7 Å². The Labute approximate surface area is 146 Å². The van der Waals surface area contributed by atoms with Gasteiger partial charge in [-0.3, -0.25) is 4.79 Å². The van der Waals surface area contributed by atoms with Crippen molar-refractivity contribution in [3.63, 3.8) is 0 Å². The maximum Gasteiger partial charge on any atom is 0.243 e. The highest BCUT2D eigenvalue weighted by Gasteiger charge is 2.39. The predicted molar refractivity (Wildman–Crippen MR) is 90.6 cm³/mol. The first kappa shape index (κ1) is 17.6. The number of rotatable bonds is 5. The third-order valence-electron chi connectivity index (χ3n) is 4.30. The summed E-state index contributed by atoms with van der Waals surface area (Å²) in [6.45, 7) is 0.270. The zero-order valence-electron chi connectivity index (χ0n) is 13.7. The summed E-state index contributed by atoms with van der Waals surface area (Å²) in [5.41, 5.74) is 0.437. The summed E-state index contributed by atoms with van der Waals surface area (Å²) in [6.07, 6.45) is 1.07. The second kappa shape index (κ2) is 6.93. The Hall–Kier alpha value is -2.25. The van der Waals surface area contributed by atoms with Crippen molar-refractivity contribution >= 4 is 15.8 Å². The second-order valence-corrected chi connectivity index (χ2v) is 7.71. The van der Waals surface area contributed by atoms with Crippen LogP contribution in [0.2, 0.25) is 0 Å². The summed E-state index contributed by atoms with van der Waals surface area (Å²) in [6, 6.07) is 10.5. The Morgan fingerprint density at radius 1 is 1.12 bits per heavy atom. The number of hydrogen-bond acceptors (Lipinski definition) is 4. The zero-order chi connectivity index (χ0) is 18.0. The number of carbonyl (C=O) groups excluding carboxylic acids is 1. The number of sulfonamides is 1. The molecule has 0 amide bonds. The molecule has 0 saturated carbocycles. The van der Waals surface area contributed by atoms with Gasteiger partial charge in [0.05, 0.1) is 18.0 Å². The van der Waals surface area contributed by atoms with Crippen LogP contribution < -0.4 is 4.74 Å². The first-order chi connectivity index (χ1) is 11.9. The van der Waals surface area contributed by atoms with Crippen LogP contribution in [0.15, 0.2) is 53.4 Å². The second-order valence-electron chi connectivity index (χ2n) is 5.82. The van der Waals surface area contributed by atoms with Gasteiger partial charge < -0.3 is 4.74 Å². The molecule has 1 aliphatic heterocycles. The molecule has 7 heteroatoms. The molecule has 132 valence electrons. The van der Waals surface area contributed by atoms with Gasteiger partial charge in [0.25, 0.3) is 0 Å². The Bertz CT molecular complexity index is 863. The molecule has 2 aromatic carbocycles. The van der Waals surface area contributed by atoms with Gasteiger partial charge in [-0.1, -0.05) is 0 Å². The summed E-state index contributed by atoms with van der Waals surface area (Å²) < 4.78 is 45.0. The number of benzene rings is 2. The van der Waals surface area contributed by atoms with E-state index in [1.807, 2.05) is 0 Å². The molecule has 5 nitrogen and oxygen atoms in total. The molecule has 1 fully saturated rings. The molecule has 1 unspecified atom stereocenters. The Morgan fingerprint density at radius 2 is 1.76 bits per heavy atom. The lowest BCUT2D eigenvalue weighted by Gasteiger charge is -2.23. The van der Waals surface area contributed by atoms with Crippen LogP contribution in [0.25, 0.3) is 0 Å². The maximum atomic E-state index is 13.1. The first-order valence-electron chi connectivity index (χ1n) is 7.89. The van der Waals surface area contributed by atoms with E-state index in [9.17, 15) is 17.6 Å². The monoisotopic (exact) mass is 363 g/mol. The van der Waals surface area contributed by atoms with E-state index in [1.165, 1.54) is 23.5 Å². The SMILES string of the molecule is COc1ccc(C(=O)C2CCCN2S(=O)(=O)c2ccc(F)cc2)cc1. The molecule has 0 radical (unpaired) electrons. The van der Waals surface area contributed by atoms with Crippen LogP contribution in [-0.4, -0.2) is 38.2 Å². The average molecular weight is 363 g/mol. The van der Waals surface area contributed by atoms with Crippen LogP contribution in [0.4, 0.5) is 4.39 Å². The molecule has 1 heterocycles. The molecule has 2 aromatic rings. The molecule has 1 atom stereocenters. The lowest BCUT2D eigenvalue weighted by molar-refractivity contribution is 0.0918. The first-order valence-corrected chi connectivity index (χ1v) is 9.33. The quantitative estimate of drug-likeness (QED) is 0.767. The molecular formula is C18H18FNO4S. The van der Waals surface area contributed by atoms with Gasteiger partial charge in [-0.05, 0) is 61.4 Å². The van der Waals surface area contributed by atoms with Crippen LogP contribution in [0.3, 0.4) is 0 Å². The number of ether oxygens (including phenoxy) is 1. The largest absolute Gasteiger partial charge is 0.497 e. The van der Waals surface area contributed by atoms with Gasteiger partial charge in [0, 0.05) is 12.1 Å². The molecule has 25 heavy (non-hydrogen) atoms. The normalized spacial score (nSPS) is 18.2. The van der Waals surface area contributed by atoms with E-state index in [2.05, 4.69) is 0 Å². The smallest absolute Gasteiger partial charge is 0.243 e. The highest BCUT2D eigenvalue weighted by atomic mass is 32.2. The summed E-state index contributed by atoms with van der Waals surface area (Å²) in [5, 5.41) is 0. The highest BCUT2D eigenvalue weighted by Crippen LogP contribution is 2.28. The third-order valence-corrected chi connectivity index (χ3v) is 6.22. The van der Waals surface area contributed by atoms with E-state index in [0.29, 0.717) is 24.2 Å². The van der Waals surface area contributed by atoms with E-state index < -0.39 is 21.9 Å². The van der Waals surface area contributed by atoms with Crippen molar-refractivity contribution in [2.45, 2.75) is 23.8 Å². The molecule has 0 aliphatic carbocycles. The molecule has 0 spiro atoms. The minimum Gasteiger partial charge on any atom is -0.497 e. The van der Waals surface area contributed by atoms with Gasteiger partial charge in [-0.2, -0.15) is 4.31 Å². The fourth-order valence-corrected chi connectivity index (χ4v) is 4.64. The molecule has 0 aromatic heterocycles. The van der Waals surface area contributed by atoms with Gasteiger partial charge >= 0.3 is 0 Å². The Morgan fingerprint density at radius 3 is 2.36 bits per heavy atom. The molecule has 1 aliphatic rings. The zero-order valence-corrected chi connectivity index (χ0v) is 14.5. The van der Waals surface area contributed by atoms with Crippen molar-refractivity contribution in [3.05, 3.63) is 59.9 Å². The average Bonchev–Trinajstić information content (AvgIpc) is 3.12. The van der Waals surface area contributed by atoms with Crippen LogP contribution >= 0.6 is 0 Å². The lowest BCUT2D eigenvalue weighted by atomic mass is 10.0. The Kier molecular flexibility index (Phi) is 4.87. The van der Waals surface area contributed by atoms with E-state index >= 15 is 0 Å². The minimum absolute atomic E-state index is 0.0108. The highest BCUT2D eigenvalue weighted by molar-refractivity contribution is 7.89. The number of hydrogen-bond donors (Lipinski definition) is 0. The summed E-state index contributed by atoms with van der Waals surface area (Å²) >= 11 is 0. The van der Waals surface area contributed by atoms with E-state index in [-0.39, 0.29) is 17.2 Å². The van der Waals surface area contributed by atoms with Gasteiger partial charge in [-0.25, -0.2) is 12.8 Å². The maximum absolute atomic E-state index is 13.1. The molecule has 3 rings (SSSR count). The topological polar surface area (TPSA) is 63.7 Å². The van der Waals surface area contributed by atoms with E-state index in [0.717, 1.165) is 12.1 Å². The number of methoxy groups -OCH3 is 1. The fourth-order valence-electron chi connectivity index (χ4n) is 2.98. The summed E-state index contributed by atoms with van der Waals surface area (Å²) in [5.74, 6) is -0.129. The third kappa shape index (κ3) is 3.43. The van der Waals surface area contributed by atoms with Crippen molar-refractivity contribution in [3.8, 4) is 5.75 Å². The Balaban J connectivity index is 1.88. The summed E-state index contributed by atoms with van der Waals surface area (Å²) in [4.78, 5) is 12.8. The molecular weight excluding hydrogens is 345 g/mol. The minimum atomic E-state index is -3.85. The van der Waals surface area contributed by atoms with Gasteiger partial charge in [-0.15, -0.1) is 0 Å². The van der Waals surface area contributed by atoms with Crippen molar-refractivity contribution < 1.29 is 22.3 Å². The van der Waals surface area contributed by atoms with Gasteiger partial charge in [0.1, 0.15) is 11.6 Å². The molecule has 0 N–H and O–H groups in total. The van der Waals surface area contributed by atoms with Crippen LogP contribution in [0.1, 0.15) is 23.2 Å². The van der Waals surface area contributed by atoms with Gasteiger partial charge in [0.2, 0.25) is 10.0 Å². The standard InChI is InChI=1S/C18H18FNO4S/c1-24-15-8-4-13(5-9-15)18(21)17-3-2-12-20(17)25(22,23)16-10-6-14(19)7-11-16/h4-11,17H,2-3,12H2,1H3. The number of Topliss-reactive ketones (excluding diaryl/α,β-unsaturated/α-hetero) is 1. The van der Waals surface area contributed by atoms with Crippen molar-refractivity contribution in [1.82, 2.24) is 4.31 Å². The van der Waals surface area contributed by atoms with Crippen LogP contribution in [0, 0.1) is 5.82 Å². The van der Waals surface area contributed by atoms with Crippen LogP contribution in [-0.2, 0) is 10.0 Å². The number of ketones is 1. The predicted octanol–water partition coefficient (Wildman–Crippen LogP) is 2.87. The molecule has 1 saturated heterocycles. The van der Waals surface area contributed by atoms with E-state index in [1.54, 1.807) is 24.3 Å². The van der Waals surface area contributed by atoms with Gasteiger partial charge in [0.15, 0.2) is 5.78 Å².